The van der Waals surface area contributed by atoms with Crippen LogP contribution in [0.4, 0.5) is 0 Å². The van der Waals surface area contributed by atoms with Crippen LogP contribution in [0, 0.1) is 28.6 Å². The molecule has 3 fully saturated rings. The average Bonchev–Trinajstić information content (AvgIpc) is 2.77. The lowest BCUT2D eigenvalue weighted by atomic mass is 9.48. The smallest absolute Gasteiger partial charge is 0.152 e. The summed E-state index contributed by atoms with van der Waals surface area (Å²) >= 11 is 0. The van der Waals surface area contributed by atoms with E-state index in [0.29, 0.717) is 24.2 Å². The first-order valence-electron chi connectivity index (χ1n) is 9.20. The highest BCUT2D eigenvalue weighted by molar-refractivity contribution is 5.87. The zero-order chi connectivity index (χ0) is 16.4. The molecule has 0 saturated heterocycles. The second-order valence-electron chi connectivity index (χ2n) is 8.93. The molecule has 4 heteroatoms. The van der Waals surface area contributed by atoms with Crippen LogP contribution in [0.15, 0.2) is 11.6 Å². The highest BCUT2D eigenvalue weighted by Gasteiger charge is 2.61. The van der Waals surface area contributed by atoms with Gasteiger partial charge >= 0.3 is 0 Å². The molecular weight excluding hydrogens is 290 g/mol. The number of nitrogens with one attached hydrogen (secondary N) is 1. The van der Waals surface area contributed by atoms with Crippen molar-refractivity contribution in [1.29, 1.82) is 0 Å². The number of aliphatic hydroxyl groups excluding tert-OH is 1. The van der Waals surface area contributed by atoms with Gasteiger partial charge in [0.15, 0.2) is 5.78 Å². The molecular formula is C19H29NO3. The standard InChI is InChI=1S/C19H29NO3/c1-18-7-5-12(21)9-11(18)3-4-13-14(18)6-8-19(2)15(13)10-16(22)17(19)20-23/h3,12-15,17,20-21,23H,4-10H2,1-2H3/t12-,13-,14+,15+,17?,18+,19+/m1/s1. The Bertz CT molecular complexity index is 559. The quantitative estimate of drug-likeness (QED) is 0.513. The minimum absolute atomic E-state index is 0.108. The Morgan fingerprint density at radius 2 is 1.96 bits per heavy atom. The van der Waals surface area contributed by atoms with E-state index in [1.807, 2.05) is 0 Å². The van der Waals surface area contributed by atoms with Crippen LogP contribution in [0.3, 0.4) is 0 Å². The largest absolute Gasteiger partial charge is 0.393 e. The molecule has 0 bridgehead atoms. The molecule has 3 N–H and O–H groups in total. The van der Waals surface area contributed by atoms with Gasteiger partial charge in [-0.25, -0.2) is 0 Å². The van der Waals surface area contributed by atoms with Crippen molar-refractivity contribution >= 4 is 5.78 Å². The predicted octanol–water partition coefficient (Wildman–Crippen LogP) is 2.84. The Balaban J connectivity index is 1.68. The van der Waals surface area contributed by atoms with Crippen molar-refractivity contribution in [3.05, 3.63) is 11.6 Å². The molecule has 23 heavy (non-hydrogen) atoms. The zero-order valence-corrected chi connectivity index (χ0v) is 14.2. The Kier molecular flexibility index (Phi) is 3.53. The van der Waals surface area contributed by atoms with E-state index in [-0.39, 0.29) is 28.8 Å². The molecule has 7 atom stereocenters. The van der Waals surface area contributed by atoms with Gasteiger partial charge in [0.25, 0.3) is 0 Å². The van der Waals surface area contributed by atoms with Crippen molar-refractivity contribution in [3.8, 4) is 0 Å². The van der Waals surface area contributed by atoms with Crippen molar-refractivity contribution in [1.82, 2.24) is 5.48 Å². The van der Waals surface area contributed by atoms with Crippen LogP contribution in [0.25, 0.3) is 0 Å². The molecule has 4 rings (SSSR count). The van der Waals surface area contributed by atoms with E-state index >= 15 is 0 Å². The maximum Gasteiger partial charge on any atom is 0.152 e. The van der Waals surface area contributed by atoms with Gasteiger partial charge < -0.3 is 10.3 Å². The molecule has 4 aliphatic carbocycles. The van der Waals surface area contributed by atoms with Crippen LogP contribution in [0.1, 0.15) is 58.8 Å². The zero-order valence-electron chi connectivity index (χ0n) is 14.2. The molecule has 0 heterocycles. The molecule has 3 saturated carbocycles. The van der Waals surface area contributed by atoms with Crippen molar-refractivity contribution in [2.75, 3.05) is 0 Å². The van der Waals surface area contributed by atoms with Crippen LogP contribution >= 0.6 is 0 Å². The second kappa shape index (κ2) is 5.14. The molecule has 0 spiro atoms. The van der Waals surface area contributed by atoms with Crippen molar-refractivity contribution in [2.45, 2.75) is 70.9 Å². The normalized spacial score (nSPS) is 52.4. The summed E-state index contributed by atoms with van der Waals surface area (Å²) in [6, 6.07) is -0.389. The molecule has 1 unspecified atom stereocenters. The van der Waals surface area contributed by atoms with Gasteiger partial charge in [0.1, 0.15) is 0 Å². The van der Waals surface area contributed by atoms with Crippen LogP contribution < -0.4 is 5.48 Å². The van der Waals surface area contributed by atoms with Crippen LogP contribution in [0.5, 0.6) is 0 Å². The average molecular weight is 319 g/mol. The van der Waals surface area contributed by atoms with Gasteiger partial charge in [-0.15, -0.1) is 0 Å². The first kappa shape index (κ1) is 15.8. The van der Waals surface area contributed by atoms with Crippen LogP contribution in [-0.4, -0.2) is 28.2 Å². The van der Waals surface area contributed by atoms with E-state index in [1.165, 1.54) is 5.57 Å². The Hall–Kier alpha value is -0.710. The minimum atomic E-state index is -0.389. The lowest BCUT2D eigenvalue weighted by molar-refractivity contribution is -0.123. The highest BCUT2D eigenvalue weighted by Crippen LogP contribution is 2.64. The third-order valence-corrected chi connectivity index (χ3v) is 8.05. The molecule has 0 aromatic heterocycles. The van der Waals surface area contributed by atoms with E-state index in [9.17, 15) is 15.1 Å². The van der Waals surface area contributed by atoms with Gasteiger partial charge in [-0.05, 0) is 67.1 Å². The Morgan fingerprint density at radius 1 is 1.17 bits per heavy atom. The second-order valence-corrected chi connectivity index (χ2v) is 8.93. The summed E-state index contributed by atoms with van der Waals surface area (Å²) in [5.74, 6) is 1.72. The van der Waals surface area contributed by atoms with Crippen LogP contribution in [-0.2, 0) is 4.79 Å². The molecule has 0 aromatic rings. The maximum absolute atomic E-state index is 12.4. The summed E-state index contributed by atoms with van der Waals surface area (Å²) in [7, 11) is 0. The molecule has 128 valence electrons. The number of Topliss-reactive ketones (excluding diaryl/α,β-unsaturated/α-hetero) is 1. The number of fused-ring (bicyclic) bond motifs is 5. The third-order valence-electron chi connectivity index (χ3n) is 8.05. The van der Waals surface area contributed by atoms with Gasteiger partial charge in [-0.3, -0.25) is 4.79 Å². The van der Waals surface area contributed by atoms with E-state index in [4.69, 9.17) is 0 Å². The summed E-state index contributed by atoms with van der Waals surface area (Å²) in [5, 5.41) is 19.5. The Labute approximate surface area is 138 Å². The first-order chi connectivity index (χ1) is 10.9. The molecule has 0 aliphatic heterocycles. The number of carbonyl (C=O) groups excluding carboxylic acids is 1. The van der Waals surface area contributed by atoms with E-state index in [2.05, 4.69) is 25.4 Å². The number of hydroxylamine groups is 1. The van der Waals surface area contributed by atoms with Crippen molar-refractivity contribution in [2.24, 2.45) is 28.6 Å². The number of allylic oxidation sites excluding steroid dienone is 1. The fourth-order valence-electron chi connectivity index (χ4n) is 6.65. The van der Waals surface area contributed by atoms with Gasteiger partial charge in [0, 0.05) is 6.42 Å². The molecule has 0 amide bonds. The topological polar surface area (TPSA) is 69.6 Å². The summed E-state index contributed by atoms with van der Waals surface area (Å²) < 4.78 is 0. The van der Waals surface area contributed by atoms with Crippen molar-refractivity contribution in [3.63, 3.8) is 0 Å². The molecule has 4 nitrogen and oxygen atoms in total. The van der Waals surface area contributed by atoms with Gasteiger partial charge in [-0.2, -0.15) is 5.48 Å². The number of rotatable bonds is 1. The third kappa shape index (κ3) is 2.04. The Morgan fingerprint density at radius 3 is 2.70 bits per heavy atom. The van der Waals surface area contributed by atoms with Gasteiger partial charge in [-0.1, -0.05) is 25.5 Å². The summed E-state index contributed by atoms with van der Waals surface area (Å²) in [4.78, 5) is 12.4. The molecule has 0 radical (unpaired) electrons. The number of ketones is 1. The summed E-state index contributed by atoms with van der Waals surface area (Å²) in [6.07, 6.45) is 8.79. The molecule has 0 aromatic carbocycles. The monoisotopic (exact) mass is 319 g/mol. The van der Waals surface area contributed by atoms with Gasteiger partial charge in [0.2, 0.25) is 0 Å². The summed E-state index contributed by atoms with van der Waals surface area (Å²) in [6.45, 7) is 4.58. The number of hydrogen-bond acceptors (Lipinski definition) is 4. The number of aliphatic hydroxyl groups is 1. The van der Waals surface area contributed by atoms with E-state index in [1.54, 1.807) is 0 Å². The van der Waals surface area contributed by atoms with Crippen LogP contribution in [0.2, 0.25) is 0 Å². The minimum Gasteiger partial charge on any atom is -0.393 e. The van der Waals surface area contributed by atoms with E-state index < -0.39 is 0 Å². The SMILES string of the molecule is C[C@]12CC[C@@H](O)CC1=CC[C@@H]1[C@@H]2CC[C@]2(C)C(NO)C(=O)C[C@@H]12. The first-order valence-corrected chi connectivity index (χ1v) is 9.20. The maximum atomic E-state index is 12.4. The predicted molar refractivity (Wildman–Crippen MR) is 86.8 cm³/mol. The van der Waals surface area contributed by atoms with Crippen molar-refractivity contribution < 1.29 is 15.1 Å². The lowest BCUT2D eigenvalue weighted by Crippen LogP contribution is -2.53. The number of hydrogen-bond donors (Lipinski definition) is 3. The summed E-state index contributed by atoms with van der Waals surface area (Å²) in [5.41, 5.74) is 3.88. The van der Waals surface area contributed by atoms with Gasteiger partial charge in [0.05, 0.1) is 12.1 Å². The molecule has 4 aliphatic rings. The fourth-order valence-corrected chi connectivity index (χ4v) is 6.65. The highest BCUT2D eigenvalue weighted by atomic mass is 16.5. The lowest BCUT2D eigenvalue weighted by Gasteiger charge is -2.57. The fraction of sp³-hybridized carbons (Fsp3) is 0.842. The number of carbonyl (C=O) groups is 1. The van der Waals surface area contributed by atoms with E-state index in [0.717, 1.165) is 38.5 Å².